The number of carbonyl (C=O) groups excluding carboxylic acids is 1. The van der Waals surface area contributed by atoms with E-state index in [2.05, 4.69) is 20.6 Å². The summed E-state index contributed by atoms with van der Waals surface area (Å²) in [5, 5.41) is 5.11. The number of rotatable bonds is 4. The molecule has 0 aliphatic rings. The van der Waals surface area contributed by atoms with Crippen LogP contribution in [0.3, 0.4) is 0 Å². The van der Waals surface area contributed by atoms with Gasteiger partial charge in [-0.15, -0.1) is 0 Å². The van der Waals surface area contributed by atoms with E-state index in [1.807, 2.05) is 23.9 Å². The number of aromatic nitrogens is 3. The lowest BCUT2D eigenvalue weighted by Crippen LogP contribution is -2.20. The van der Waals surface area contributed by atoms with Crippen LogP contribution in [-0.2, 0) is 13.2 Å². The maximum atomic E-state index is 13.0. The van der Waals surface area contributed by atoms with E-state index in [-0.39, 0.29) is 16.4 Å². The average molecular weight is 476 g/mol. The molecule has 2 amide bonds. The molecule has 2 aromatic heterocycles. The number of benzene rings is 2. The molecule has 33 heavy (non-hydrogen) atoms. The lowest BCUT2D eigenvalue weighted by atomic mass is 10.1. The molecule has 0 saturated heterocycles. The highest BCUT2D eigenvalue weighted by molar-refractivity contribution is 6.34. The molecule has 7 nitrogen and oxygen atoms in total. The van der Waals surface area contributed by atoms with Gasteiger partial charge >= 0.3 is 12.2 Å². The first-order valence-corrected chi connectivity index (χ1v) is 9.99. The Bertz CT molecular complexity index is 1350. The Balaban J connectivity index is 1.49. The molecule has 170 valence electrons. The van der Waals surface area contributed by atoms with Gasteiger partial charge in [0.2, 0.25) is 5.88 Å². The number of alkyl halides is 3. The third kappa shape index (κ3) is 4.85. The number of hydrogen-bond acceptors (Lipinski definition) is 4. The highest BCUT2D eigenvalue weighted by atomic mass is 35.5. The second-order valence-electron chi connectivity index (χ2n) is 7.19. The summed E-state index contributed by atoms with van der Waals surface area (Å²) in [4.78, 5) is 20.7. The number of nitrogens with one attached hydrogen (secondary N) is 2. The maximum Gasteiger partial charge on any atom is 0.416 e. The summed E-state index contributed by atoms with van der Waals surface area (Å²) in [6, 6.07) is 8.78. The van der Waals surface area contributed by atoms with Crippen molar-refractivity contribution in [1.29, 1.82) is 0 Å². The number of urea groups is 1. The fraction of sp³-hybridized carbons (Fsp3) is 0.136. The molecule has 2 aromatic carbocycles. The summed E-state index contributed by atoms with van der Waals surface area (Å²) in [7, 11) is 1.84. The zero-order chi connectivity index (χ0) is 23.8. The molecule has 11 heteroatoms. The van der Waals surface area contributed by atoms with Crippen LogP contribution in [0.5, 0.6) is 11.6 Å². The molecule has 2 N–H and O–H groups in total. The second-order valence-corrected chi connectivity index (χ2v) is 7.60. The molecular weight excluding hydrogens is 459 g/mol. The minimum absolute atomic E-state index is 0.0359. The average Bonchev–Trinajstić information content (AvgIpc) is 3.13. The molecule has 0 unspecified atom stereocenters. The van der Waals surface area contributed by atoms with Gasteiger partial charge in [-0.25, -0.2) is 9.78 Å². The van der Waals surface area contributed by atoms with E-state index < -0.39 is 17.8 Å². The number of carbonyl (C=O) groups is 1. The van der Waals surface area contributed by atoms with Gasteiger partial charge in [0, 0.05) is 25.0 Å². The highest BCUT2D eigenvalue weighted by Gasteiger charge is 2.31. The Kier molecular flexibility index (Phi) is 5.86. The number of ether oxygens (including phenoxy) is 1. The molecule has 0 bridgehead atoms. The number of nitrogens with zero attached hydrogens (tertiary/aromatic N) is 3. The van der Waals surface area contributed by atoms with Crippen LogP contribution in [0.4, 0.5) is 29.3 Å². The number of aryl methyl sites for hydroxylation is 2. The van der Waals surface area contributed by atoms with Crippen LogP contribution in [0.15, 0.2) is 55.0 Å². The van der Waals surface area contributed by atoms with Gasteiger partial charge in [-0.3, -0.25) is 0 Å². The highest BCUT2D eigenvalue weighted by Crippen LogP contribution is 2.33. The second kappa shape index (κ2) is 8.62. The Morgan fingerprint density at radius 1 is 1.06 bits per heavy atom. The van der Waals surface area contributed by atoms with E-state index >= 15 is 0 Å². The zero-order valence-electron chi connectivity index (χ0n) is 17.4. The van der Waals surface area contributed by atoms with Gasteiger partial charge in [0.1, 0.15) is 17.6 Å². The van der Waals surface area contributed by atoms with Gasteiger partial charge in [-0.1, -0.05) is 17.7 Å². The van der Waals surface area contributed by atoms with Crippen LogP contribution in [0.25, 0.3) is 11.0 Å². The predicted octanol–water partition coefficient (Wildman–Crippen LogP) is 6.39. The summed E-state index contributed by atoms with van der Waals surface area (Å²) >= 11 is 6.28. The predicted molar refractivity (Wildman–Crippen MR) is 119 cm³/mol. The topological polar surface area (TPSA) is 81.1 Å². The number of fused-ring (bicyclic) bond motifs is 1. The summed E-state index contributed by atoms with van der Waals surface area (Å²) in [5.74, 6) is 0.711. The summed E-state index contributed by atoms with van der Waals surface area (Å²) < 4.78 is 46.5. The first-order valence-electron chi connectivity index (χ1n) is 9.61. The van der Waals surface area contributed by atoms with Crippen molar-refractivity contribution in [3.05, 3.63) is 71.1 Å². The normalized spacial score (nSPS) is 11.5. The van der Waals surface area contributed by atoms with Crippen LogP contribution in [0.2, 0.25) is 5.02 Å². The van der Waals surface area contributed by atoms with Crippen molar-refractivity contribution in [3.63, 3.8) is 0 Å². The van der Waals surface area contributed by atoms with Crippen LogP contribution >= 0.6 is 11.6 Å². The largest absolute Gasteiger partial charge is 0.437 e. The Morgan fingerprint density at radius 2 is 1.82 bits per heavy atom. The zero-order valence-corrected chi connectivity index (χ0v) is 18.1. The van der Waals surface area contributed by atoms with Crippen molar-refractivity contribution in [3.8, 4) is 11.6 Å². The Labute approximate surface area is 191 Å². The third-order valence-corrected chi connectivity index (χ3v) is 5.15. The Morgan fingerprint density at radius 3 is 2.55 bits per heavy atom. The van der Waals surface area contributed by atoms with Crippen molar-refractivity contribution in [2.45, 2.75) is 13.1 Å². The minimum Gasteiger partial charge on any atom is -0.437 e. The van der Waals surface area contributed by atoms with Gasteiger partial charge in [0.05, 0.1) is 21.8 Å². The van der Waals surface area contributed by atoms with Crippen molar-refractivity contribution in [2.75, 3.05) is 10.6 Å². The molecule has 0 atom stereocenters. The standard InChI is InChI=1S/C22H17ClF3N5O2/c1-12-3-4-13(22(24,25)26)9-18(12)30-21(32)29-16-6-5-14(10-15(16)23)33-20-19-17(27-11-28-20)7-8-31(19)2/h3-11H,1-2H3,(H2,29,30,32). The van der Waals surface area contributed by atoms with E-state index in [0.717, 1.165) is 12.1 Å². The SMILES string of the molecule is Cc1ccc(C(F)(F)F)cc1NC(=O)Nc1ccc(Oc2ncnc3ccn(C)c23)cc1Cl. The van der Waals surface area contributed by atoms with E-state index in [9.17, 15) is 18.0 Å². The van der Waals surface area contributed by atoms with Gasteiger partial charge < -0.3 is 19.9 Å². The molecule has 0 aliphatic carbocycles. The molecule has 4 rings (SSSR count). The van der Waals surface area contributed by atoms with Gasteiger partial charge in [-0.05, 0) is 42.8 Å². The monoisotopic (exact) mass is 475 g/mol. The summed E-state index contributed by atoms with van der Waals surface area (Å²) in [6.45, 7) is 1.59. The van der Waals surface area contributed by atoms with Crippen molar-refractivity contribution < 1.29 is 22.7 Å². The fourth-order valence-corrected chi connectivity index (χ4v) is 3.36. The van der Waals surface area contributed by atoms with E-state index in [1.54, 1.807) is 13.0 Å². The fourth-order valence-electron chi connectivity index (χ4n) is 3.14. The van der Waals surface area contributed by atoms with Gasteiger partial charge in [-0.2, -0.15) is 18.2 Å². The molecular formula is C22H17ClF3N5O2. The summed E-state index contributed by atoms with van der Waals surface area (Å²) in [5.41, 5.74) is 1.32. The van der Waals surface area contributed by atoms with Crippen molar-refractivity contribution in [1.82, 2.24) is 14.5 Å². The van der Waals surface area contributed by atoms with Crippen molar-refractivity contribution in [2.24, 2.45) is 7.05 Å². The number of halogens is 4. The van der Waals surface area contributed by atoms with Crippen LogP contribution in [0, 0.1) is 6.92 Å². The molecule has 0 aliphatic heterocycles. The van der Waals surface area contributed by atoms with E-state index in [4.69, 9.17) is 16.3 Å². The molecule has 0 fully saturated rings. The minimum atomic E-state index is -4.52. The first kappa shape index (κ1) is 22.4. The third-order valence-electron chi connectivity index (χ3n) is 4.84. The number of hydrogen-bond donors (Lipinski definition) is 2. The molecule has 0 spiro atoms. The number of amides is 2. The lowest BCUT2D eigenvalue weighted by molar-refractivity contribution is -0.137. The van der Waals surface area contributed by atoms with Gasteiger partial charge in [0.25, 0.3) is 0 Å². The Hall–Kier alpha value is -3.79. The van der Waals surface area contributed by atoms with Crippen molar-refractivity contribution >= 4 is 40.0 Å². The molecule has 0 saturated carbocycles. The van der Waals surface area contributed by atoms with Crippen LogP contribution in [0.1, 0.15) is 11.1 Å². The molecule has 2 heterocycles. The number of anilines is 2. The molecule has 4 aromatic rings. The van der Waals surface area contributed by atoms with Crippen LogP contribution < -0.4 is 15.4 Å². The first-order chi connectivity index (χ1) is 15.6. The smallest absolute Gasteiger partial charge is 0.416 e. The van der Waals surface area contributed by atoms with E-state index in [1.165, 1.54) is 24.5 Å². The van der Waals surface area contributed by atoms with Gasteiger partial charge in [0.15, 0.2) is 0 Å². The molecule has 0 radical (unpaired) electrons. The summed E-state index contributed by atoms with van der Waals surface area (Å²) in [6.07, 6.45) is -1.30. The lowest BCUT2D eigenvalue weighted by Gasteiger charge is -2.14. The van der Waals surface area contributed by atoms with Crippen LogP contribution in [-0.4, -0.2) is 20.6 Å². The quantitative estimate of drug-likeness (QED) is 0.358. The maximum absolute atomic E-state index is 13.0. The van der Waals surface area contributed by atoms with E-state index in [0.29, 0.717) is 28.2 Å².